The van der Waals surface area contributed by atoms with Gasteiger partial charge in [-0.1, -0.05) is 42.5 Å². The molecule has 1 heterocycles. The molecule has 18 heavy (non-hydrogen) atoms. The number of benzene rings is 2. The highest BCUT2D eigenvalue weighted by molar-refractivity contribution is 5.63. The summed E-state index contributed by atoms with van der Waals surface area (Å²) in [6.07, 6.45) is 3.50. The van der Waals surface area contributed by atoms with E-state index in [-0.39, 0.29) is 5.75 Å². The number of aromatic hydroxyl groups is 1. The van der Waals surface area contributed by atoms with Gasteiger partial charge in [0, 0.05) is 5.56 Å². The highest BCUT2D eigenvalue weighted by atomic mass is 16.3. The molecule has 0 aliphatic heterocycles. The maximum Gasteiger partial charge on any atom is 0.139 e. The lowest BCUT2D eigenvalue weighted by Gasteiger charge is -2.09. The van der Waals surface area contributed by atoms with Crippen LogP contribution in [0.25, 0.3) is 16.9 Å². The molecule has 0 aliphatic carbocycles. The van der Waals surface area contributed by atoms with Crippen LogP contribution >= 0.6 is 0 Å². The summed E-state index contributed by atoms with van der Waals surface area (Å²) in [4.78, 5) is 4.17. The second kappa shape index (κ2) is 4.37. The minimum absolute atomic E-state index is 0.243. The zero-order valence-electron chi connectivity index (χ0n) is 9.69. The maximum absolute atomic E-state index is 9.91. The monoisotopic (exact) mass is 236 g/mol. The molecule has 1 N–H and O–H groups in total. The first-order chi connectivity index (χ1) is 8.86. The fourth-order valence-corrected chi connectivity index (χ4v) is 1.98. The van der Waals surface area contributed by atoms with Gasteiger partial charge in [-0.3, -0.25) is 4.57 Å². The second-order valence-electron chi connectivity index (χ2n) is 4.00. The molecule has 0 spiro atoms. The lowest BCUT2D eigenvalue weighted by Crippen LogP contribution is -1.95. The number of imidazole rings is 1. The first kappa shape index (κ1) is 10.6. The Morgan fingerprint density at radius 3 is 2.39 bits per heavy atom. The van der Waals surface area contributed by atoms with Gasteiger partial charge in [0.1, 0.15) is 5.75 Å². The number of rotatable bonds is 2. The molecule has 0 bridgehead atoms. The number of phenolic OH excluding ortho intramolecular Hbond substituents is 1. The average Bonchev–Trinajstić information content (AvgIpc) is 2.89. The Bertz CT molecular complexity index is 659. The molecule has 0 fully saturated rings. The molecule has 3 nitrogen and oxygen atoms in total. The highest BCUT2D eigenvalue weighted by Gasteiger charge is 2.09. The third kappa shape index (κ3) is 1.76. The van der Waals surface area contributed by atoms with Gasteiger partial charge < -0.3 is 5.11 Å². The topological polar surface area (TPSA) is 38.0 Å². The average molecular weight is 236 g/mol. The van der Waals surface area contributed by atoms with Crippen LogP contribution in [-0.2, 0) is 0 Å². The van der Waals surface area contributed by atoms with Gasteiger partial charge in [-0.05, 0) is 12.1 Å². The van der Waals surface area contributed by atoms with E-state index >= 15 is 0 Å². The molecule has 0 saturated heterocycles. The van der Waals surface area contributed by atoms with Crippen molar-refractivity contribution in [1.82, 2.24) is 9.55 Å². The van der Waals surface area contributed by atoms with Crippen LogP contribution in [0, 0.1) is 0 Å². The molecule has 3 heteroatoms. The van der Waals surface area contributed by atoms with Crippen molar-refractivity contribution in [3.63, 3.8) is 0 Å². The first-order valence-corrected chi connectivity index (χ1v) is 5.72. The quantitative estimate of drug-likeness (QED) is 0.741. The largest absolute Gasteiger partial charge is 0.506 e. The maximum atomic E-state index is 9.91. The molecule has 0 aliphatic rings. The Morgan fingerprint density at radius 1 is 0.889 bits per heavy atom. The summed E-state index contributed by atoms with van der Waals surface area (Å²) >= 11 is 0. The standard InChI is InChI=1S/C15H12N2O/c18-15-9-5-4-8-13(15)17-11-16-10-14(17)12-6-2-1-3-7-12/h1-11,18H. The molecule has 0 atom stereocenters. The molecule has 0 radical (unpaired) electrons. The highest BCUT2D eigenvalue weighted by Crippen LogP contribution is 2.27. The van der Waals surface area contributed by atoms with Crippen LogP contribution in [0.3, 0.4) is 0 Å². The molecular weight excluding hydrogens is 224 g/mol. The van der Waals surface area contributed by atoms with Crippen molar-refractivity contribution in [2.45, 2.75) is 0 Å². The fourth-order valence-electron chi connectivity index (χ4n) is 1.98. The first-order valence-electron chi connectivity index (χ1n) is 5.72. The lowest BCUT2D eigenvalue weighted by atomic mass is 10.1. The number of para-hydroxylation sites is 2. The second-order valence-corrected chi connectivity index (χ2v) is 4.00. The Balaban J connectivity index is 2.16. The van der Waals surface area contributed by atoms with Crippen molar-refractivity contribution in [2.75, 3.05) is 0 Å². The van der Waals surface area contributed by atoms with Gasteiger partial charge in [0.25, 0.3) is 0 Å². The van der Waals surface area contributed by atoms with Crippen molar-refractivity contribution in [1.29, 1.82) is 0 Å². The number of nitrogens with zero attached hydrogens (tertiary/aromatic N) is 2. The van der Waals surface area contributed by atoms with E-state index in [1.54, 1.807) is 24.7 Å². The summed E-state index contributed by atoms with van der Waals surface area (Å²) in [5.41, 5.74) is 2.75. The molecular formula is C15H12N2O. The summed E-state index contributed by atoms with van der Waals surface area (Å²) in [6.45, 7) is 0. The minimum Gasteiger partial charge on any atom is -0.506 e. The molecule has 0 amide bonds. The molecule has 3 aromatic rings. The van der Waals surface area contributed by atoms with Gasteiger partial charge in [0.05, 0.1) is 23.9 Å². The molecule has 1 aromatic heterocycles. The minimum atomic E-state index is 0.243. The predicted molar refractivity (Wildman–Crippen MR) is 70.7 cm³/mol. The SMILES string of the molecule is Oc1ccccc1-n1cncc1-c1ccccc1. The van der Waals surface area contributed by atoms with E-state index in [1.807, 2.05) is 47.0 Å². The molecule has 0 unspecified atom stereocenters. The summed E-state index contributed by atoms with van der Waals surface area (Å²) in [6, 6.07) is 17.2. The van der Waals surface area contributed by atoms with E-state index in [9.17, 15) is 5.11 Å². The fraction of sp³-hybridized carbons (Fsp3) is 0. The van der Waals surface area contributed by atoms with Gasteiger partial charge in [-0.2, -0.15) is 0 Å². The van der Waals surface area contributed by atoms with Crippen LogP contribution in [0.2, 0.25) is 0 Å². The lowest BCUT2D eigenvalue weighted by molar-refractivity contribution is 0.472. The Kier molecular flexibility index (Phi) is 2.57. The van der Waals surface area contributed by atoms with Crippen molar-refractivity contribution >= 4 is 0 Å². The molecule has 2 aromatic carbocycles. The van der Waals surface area contributed by atoms with Crippen LogP contribution in [0.1, 0.15) is 0 Å². The Labute approximate surface area is 105 Å². The summed E-state index contributed by atoms with van der Waals surface area (Å²) in [5.74, 6) is 0.243. The van der Waals surface area contributed by atoms with E-state index in [2.05, 4.69) is 4.98 Å². The molecule has 0 saturated carbocycles. The van der Waals surface area contributed by atoms with Crippen LogP contribution < -0.4 is 0 Å². The number of hydrogen-bond acceptors (Lipinski definition) is 2. The smallest absolute Gasteiger partial charge is 0.139 e. The Morgan fingerprint density at radius 2 is 1.61 bits per heavy atom. The predicted octanol–water partition coefficient (Wildman–Crippen LogP) is 3.24. The van der Waals surface area contributed by atoms with Crippen LogP contribution in [0.5, 0.6) is 5.75 Å². The van der Waals surface area contributed by atoms with Gasteiger partial charge in [-0.25, -0.2) is 4.98 Å². The third-order valence-electron chi connectivity index (χ3n) is 2.85. The molecule has 88 valence electrons. The zero-order valence-corrected chi connectivity index (χ0v) is 9.69. The van der Waals surface area contributed by atoms with E-state index < -0.39 is 0 Å². The van der Waals surface area contributed by atoms with Crippen molar-refractivity contribution in [3.05, 3.63) is 67.1 Å². The van der Waals surface area contributed by atoms with E-state index in [4.69, 9.17) is 0 Å². The van der Waals surface area contributed by atoms with Gasteiger partial charge in [0.2, 0.25) is 0 Å². The number of aromatic nitrogens is 2. The zero-order chi connectivity index (χ0) is 12.4. The summed E-state index contributed by atoms with van der Waals surface area (Å²) in [5, 5.41) is 9.91. The number of phenols is 1. The molecule has 3 rings (SSSR count). The normalized spacial score (nSPS) is 10.4. The van der Waals surface area contributed by atoms with Crippen molar-refractivity contribution in [2.24, 2.45) is 0 Å². The summed E-state index contributed by atoms with van der Waals surface area (Å²) in [7, 11) is 0. The van der Waals surface area contributed by atoms with E-state index in [1.165, 1.54) is 0 Å². The summed E-state index contributed by atoms with van der Waals surface area (Å²) < 4.78 is 1.88. The van der Waals surface area contributed by atoms with Crippen LogP contribution in [-0.4, -0.2) is 14.7 Å². The van der Waals surface area contributed by atoms with Crippen LogP contribution in [0.15, 0.2) is 67.1 Å². The van der Waals surface area contributed by atoms with Gasteiger partial charge in [-0.15, -0.1) is 0 Å². The van der Waals surface area contributed by atoms with E-state index in [0.29, 0.717) is 0 Å². The Hall–Kier alpha value is -2.55. The van der Waals surface area contributed by atoms with Crippen LogP contribution in [0.4, 0.5) is 0 Å². The van der Waals surface area contributed by atoms with E-state index in [0.717, 1.165) is 16.9 Å². The van der Waals surface area contributed by atoms with Crippen molar-refractivity contribution < 1.29 is 5.11 Å². The van der Waals surface area contributed by atoms with Gasteiger partial charge in [0.15, 0.2) is 0 Å². The van der Waals surface area contributed by atoms with Crippen molar-refractivity contribution in [3.8, 4) is 22.7 Å². The van der Waals surface area contributed by atoms with Gasteiger partial charge >= 0.3 is 0 Å². The third-order valence-corrected chi connectivity index (χ3v) is 2.85. The number of hydrogen-bond donors (Lipinski definition) is 1.